The number of hydrogen-bond donors (Lipinski definition) is 1. The van der Waals surface area contributed by atoms with Gasteiger partial charge in [0.1, 0.15) is 5.75 Å². The minimum atomic E-state index is -4.80. The van der Waals surface area contributed by atoms with Crippen molar-refractivity contribution in [3.63, 3.8) is 0 Å². The van der Waals surface area contributed by atoms with E-state index in [0.29, 0.717) is 16.8 Å². The van der Waals surface area contributed by atoms with Gasteiger partial charge in [-0.3, -0.25) is 14.5 Å². The third kappa shape index (κ3) is 3.52. The first-order valence-corrected chi connectivity index (χ1v) is 10.9. The predicted molar refractivity (Wildman–Crippen MR) is 120 cm³/mol. The molecule has 1 N–H and O–H groups in total. The predicted octanol–water partition coefficient (Wildman–Crippen LogP) is 5.32. The highest BCUT2D eigenvalue weighted by Crippen LogP contribution is 2.47. The molecule has 1 unspecified atom stereocenters. The molecule has 0 radical (unpaired) electrons. The van der Waals surface area contributed by atoms with E-state index in [-0.39, 0.29) is 24.2 Å². The summed E-state index contributed by atoms with van der Waals surface area (Å²) >= 11 is 0. The fourth-order valence-corrected chi connectivity index (χ4v) is 4.87. The normalized spacial score (nSPS) is 17.8. The fraction of sp³-hybridized carbons (Fsp3) is 0.280. The summed E-state index contributed by atoms with van der Waals surface area (Å²) in [4.78, 5) is 26.7. The van der Waals surface area contributed by atoms with Crippen molar-refractivity contribution in [1.29, 1.82) is 0 Å². The minimum Gasteiger partial charge on any atom is -0.406 e. The molecule has 2 aliphatic rings. The number of ether oxygens (including phenoxy) is 1. The highest BCUT2D eigenvalue weighted by molar-refractivity contribution is 6.11. The van der Waals surface area contributed by atoms with Gasteiger partial charge in [0.2, 0.25) is 5.91 Å². The lowest BCUT2D eigenvalue weighted by Crippen LogP contribution is -2.33. The second-order valence-corrected chi connectivity index (χ2v) is 8.76. The number of hydrogen-bond acceptors (Lipinski definition) is 4. The molecule has 2 amide bonds. The van der Waals surface area contributed by atoms with Gasteiger partial charge in [-0.05, 0) is 49.2 Å². The van der Waals surface area contributed by atoms with E-state index in [2.05, 4.69) is 28.5 Å². The van der Waals surface area contributed by atoms with Crippen molar-refractivity contribution in [3.8, 4) is 5.75 Å². The molecule has 1 aromatic heterocycles. The van der Waals surface area contributed by atoms with Crippen LogP contribution < -0.4 is 10.1 Å². The number of carbonyl (C=O) groups is 2. The van der Waals surface area contributed by atoms with Crippen LogP contribution in [0.15, 0.2) is 59.9 Å². The van der Waals surface area contributed by atoms with Gasteiger partial charge < -0.3 is 14.6 Å². The molecule has 0 spiro atoms. The molecule has 0 aliphatic carbocycles. The number of benzene rings is 2. The third-order valence-electron chi connectivity index (χ3n) is 6.27. The summed E-state index contributed by atoms with van der Waals surface area (Å²) < 4.78 is 44.1. The van der Waals surface area contributed by atoms with Crippen LogP contribution in [0.1, 0.15) is 43.9 Å². The molecule has 0 saturated carbocycles. The van der Waals surface area contributed by atoms with Crippen molar-refractivity contribution >= 4 is 28.4 Å². The standard InChI is InChI=1S/C25H22F3N3O3/c1-13(2)30-11-17-21(15-7-9-16(10-8-15)34-25(26,27)28)23-19(12-31(14(3)32)24(23)33)29-18-5-4-6-20(30)22(17)18/h4-11,13,21,29H,12H2,1-3H3. The molecule has 1 atom stereocenters. The molecule has 34 heavy (non-hydrogen) atoms. The second-order valence-electron chi connectivity index (χ2n) is 8.76. The number of aromatic nitrogens is 1. The SMILES string of the molecule is CC(=O)N1CC2=C(C1=O)C(c1ccc(OC(F)(F)F)cc1)c1cn(C(C)C)c3cccc(c13)N2. The van der Waals surface area contributed by atoms with Crippen molar-refractivity contribution in [2.45, 2.75) is 39.1 Å². The Kier molecular flexibility index (Phi) is 4.96. The molecule has 2 aliphatic heterocycles. The quantitative estimate of drug-likeness (QED) is 0.564. The molecular weight excluding hydrogens is 447 g/mol. The maximum absolute atomic E-state index is 13.4. The molecule has 0 fully saturated rings. The molecular formula is C25H22F3N3O3. The van der Waals surface area contributed by atoms with Gasteiger partial charge in [0.15, 0.2) is 0 Å². The molecule has 0 bridgehead atoms. The Labute approximate surface area is 193 Å². The summed E-state index contributed by atoms with van der Waals surface area (Å²) in [6.45, 7) is 5.55. The summed E-state index contributed by atoms with van der Waals surface area (Å²) in [6.07, 6.45) is -2.81. The highest BCUT2D eigenvalue weighted by atomic mass is 19.4. The minimum absolute atomic E-state index is 0.111. The van der Waals surface area contributed by atoms with E-state index >= 15 is 0 Å². The van der Waals surface area contributed by atoms with Crippen LogP contribution in [-0.4, -0.2) is 34.2 Å². The lowest BCUT2D eigenvalue weighted by molar-refractivity contribution is -0.274. The van der Waals surface area contributed by atoms with E-state index in [4.69, 9.17) is 0 Å². The van der Waals surface area contributed by atoms with Gasteiger partial charge in [0, 0.05) is 41.9 Å². The van der Waals surface area contributed by atoms with Crippen LogP contribution in [0.3, 0.4) is 0 Å². The topological polar surface area (TPSA) is 63.6 Å². The Morgan fingerprint density at radius 3 is 2.47 bits per heavy atom. The van der Waals surface area contributed by atoms with Crippen LogP contribution in [0.2, 0.25) is 0 Å². The number of alkyl halides is 3. The van der Waals surface area contributed by atoms with Crippen molar-refractivity contribution in [2.75, 3.05) is 11.9 Å². The van der Waals surface area contributed by atoms with Crippen molar-refractivity contribution < 1.29 is 27.5 Å². The van der Waals surface area contributed by atoms with Gasteiger partial charge in [-0.2, -0.15) is 0 Å². The zero-order valence-electron chi connectivity index (χ0n) is 18.7. The molecule has 6 nitrogen and oxygen atoms in total. The largest absolute Gasteiger partial charge is 0.573 e. The number of amides is 2. The Hall–Kier alpha value is -3.75. The van der Waals surface area contributed by atoms with E-state index in [1.165, 1.54) is 36.1 Å². The van der Waals surface area contributed by atoms with Crippen LogP contribution in [0, 0.1) is 0 Å². The lowest BCUT2D eigenvalue weighted by atomic mass is 9.84. The molecule has 9 heteroatoms. The van der Waals surface area contributed by atoms with Gasteiger partial charge in [-0.1, -0.05) is 18.2 Å². The van der Waals surface area contributed by atoms with E-state index in [9.17, 15) is 22.8 Å². The van der Waals surface area contributed by atoms with Crippen LogP contribution in [0.4, 0.5) is 18.9 Å². The third-order valence-corrected chi connectivity index (χ3v) is 6.27. The first-order valence-electron chi connectivity index (χ1n) is 10.9. The van der Waals surface area contributed by atoms with Crippen LogP contribution in [0.5, 0.6) is 5.75 Å². The fourth-order valence-electron chi connectivity index (χ4n) is 4.87. The second kappa shape index (κ2) is 7.65. The summed E-state index contributed by atoms with van der Waals surface area (Å²) in [5.41, 5.74) is 4.30. The number of imide groups is 1. The van der Waals surface area contributed by atoms with Crippen LogP contribution in [-0.2, 0) is 9.59 Å². The molecule has 3 aromatic rings. The molecule has 0 saturated heterocycles. The molecule has 3 heterocycles. The van der Waals surface area contributed by atoms with Crippen molar-refractivity contribution in [3.05, 3.63) is 71.1 Å². The molecule has 176 valence electrons. The monoisotopic (exact) mass is 469 g/mol. The number of halogens is 3. The number of rotatable bonds is 3. The van der Waals surface area contributed by atoms with Crippen molar-refractivity contribution in [2.24, 2.45) is 0 Å². The first-order chi connectivity index (χ1) is 16.0. The first kappa shape index (κ1) is 22.1. The van der Waals surface area contributed by atoms with Gasteiger partial charge in [-0.15, -0.1) is 13.2 Å². The average Bonchev–Trinajstić information content (AvgIpc) is 3.24. The average molecular weight is 469 g/mol. The summed E-state index contributed by atoms with van der Waals surface area (Å²) in [7, 11) is 0. The van der Waals surface area contributed by atoms with Crippen molar-refractivity contribution in [1.82, 2.24) is 9.47 Å². The lowest BCUT2D eigenvalue weighted by Gasteiger charge is -2.20. The van der Waals surface area contributed by atoms with Crippen LogP contribution in [0.25, 0.3) is 10.9 Å². The summed E-state index contributed by atoms with van der Waals surface area (Å²) in [5, 5.41) is 4.31. The number of carbonyl (C=O) groups excluding carboxylic acids is 2. The van der Waals surface area contributed by atoms with E-state index in [0.717, 1.165) is 22.2 Å². The van der Waals surface area contributed by atoms with Gasteiger partial charge in [0.25, 0.3) is 5.91 Å². The Balaban J connectivity index is 1.72. The Morgan fingerprint density at radius 1 is 1.15 bits per heavy atom. The van der Waals surface area contributed by atoms with Gasteiger partial charge >= 0.3 is 6.36 Å². The van der Waals surface area contributed by atoms with Crippen LogP contribution >= 0.6 is 0 Å². The van der Waals surface area contributed by atoms with Gasteiger partial charge in [0.05, 0.1) is 17.6 Å². The molecule has 2 aromatic carbocycles. The Morgan fingerprint density at radius 2 is 1.85 bits per heavy atom. The Bertz CT molecular complexity index is 1350. The van der Waals surface area contributed by atoms with Gasteiger partial charge in [-0.25, -0.2) is 0 Å². The number of nitrogens with zero attached hydrogens (tertiary/aromatic N) is 2. The maximum Gasteiger partial charge on any atom is 0.573 e. The van der Waals surface area contributed by atoms with E-state index in [1.807, 2.05) is 24.4 Å². The number of anilines is 1. The molecule has 5 rings (SSSR count). The van der Waals surface area contributed by atoms with E-state index in [1.54, 1.807) is 0 Å². The summed E-state index contributed by atoms with van der Waals surface area (Å²) in [6, 6.07) is 11.5. The zero-order valence-corrected chi connectivity index (χ0v) is 18.7. The zero-order chi connectivity index (χ0) is 24.4. The van der Waals surface area contributed by atoms with E-state index < -0.39 is 18.2 Å². The maximum atomic E-state index is 13.4. The highest BCUT2D eigenvalue weighted by Gasteiger charge is 2.42. The number of nitrogens with one attached hydrogen (secondary N) is 1. The smallest absolute Gasteiger partial charge is 0.406 e. The summed E-state index contributed by atoms with van der Waals surface area (Å²) in [5.74, 6) is -1.70.